The van der Waals surface area contributed by atoms with E-state index < -0.39 is 20.9 Å². The average Bonchev–Trinajstić information content (AvgIpc) is 2.53. The molecule has 0 aliphatic rings. The summed E-state index contributed by atoms with van der Waals surface area (Å²) < 4.78 is 1.36. The van der Waals surface area contributed by atoms with E-state index in [4.69, 9.17) is 6.42 Å². The fraction of sp³-hybridized carbons (Fsp3) is 0.167. The summed E-state index contributed by atoms with van der Waals surface area (Å²) >= 11 is -0.876. The standard InChI is InChI=1S/C18H17NOTe/c1-2-14-19(15-13-16-9-5-3-6-10-16)18(20)21-17-11-7-4-8-12-17/h1,3-12H,13-15H2. The summed E-state index contributed by atoms with van der Waals surface area (Å²) in [6, 6.07) is 20.1. The summed E-state index contributed by atoms with van der Waals surface area (Å²) in [6.07, 6.45) is 6.24. The molecule has 0 N–H and O–H groups in total. The number of amides is 1. The van der Waals surface area contributed by atoms with Gasteiger partial charge in [-0.2, -0.15) is 0 Å². The van der Waals surface area contributed by atoms with Crippen molar-refractivity contribution in [1.29, 1.82) is 0 Å². The predicted molar refractivity (Wildman–Crippen MR) is 87.8 cm³/mol. The van der Waals surface area contributed by atoms with Crippen LogP contribution in [0.5, 0.6) is 0 Å². The third-order valence-corrected chi connectivity index (χ3v) is 5.69. The van der Waals surface area contributed by atoms with Crippen molar-refractivity contribution in [3.05, 3.63) is 66.2 Å². The molecule has 1 amide bonds. The van der Waals surface area contributed by atoms with Crippen LogP contribution in [0, 0.1) is 12.3 Å². The molecular formula is C18H17NOTe. The van der Waals surface area contributed by atoms with E-state index in [0.717, 1.165) is 10.0 Å². The minimum absolute atomic E-state index is 0.209. The van der Waals surface area contributed by atoms with Gasteiger partial charge in [0.05, 0.1) is 0 Å². The molecule has 0 aliphatic heterocycles. The van der Waals surface area contributed by atoms with Crippen LogP contribution >= 0.6 is 0 Å². The van der Waals surface area contributed by atoms with E-state index in [-0.39, 0.29) is 3.96 Å². The van der Waals surface area contributed by atoms with Crippen LogP contribution in [0.3, 0.4) is 0 Å². The Bertz CT molecular complexity index is 604. The molecule has 0 aromatic heterocycles. The van der Waals surface area contributed by atoms with Crippen molar-refractivity contribution < 1.29 is 4.79 Å². The number of carbonyl (C=O) groups is 1. The summed E-state index contributed by atoms with van der Waals surface area (Å²) in [6.45, 7) is 1.08. The fourth-order valence-electron chi connectivity index (χ4n) is 1.91. The third kappa shape index (κ3) is 5.27. The van der Waals surface area contributed by atoms with Crippen LogP contribution in [0.4, 0.5) is 4.79 Å². The third-order valence-electron chi connectivity index (χ3n) is 3.00. The number of nitrogens with zero attached hydrogens (tertiary/aromatic N) is 1. The number of rotatable bonds is 6. The molecule has 0 saturated carbocycles. The Morgan fingerprint density at radius 3 is 2.29 bits per heavy atom. The van der Waals surface area contributed by atoms with E-state index in [1.54, 1.807) is 0 Å². The van der Waals surface area contributed by atoms with Gasteiger partial charge in [-0.05, 0) is 0 Å². The number of hydrogen-bond acceptors (Lipinski definition) is 1. The fourth-order valence-corrected chi connectivity index (χ4v) is 4.13. The van der Waals surface area contributed by atoms with Crippen LogP contribution < -0.4 is 3.61 Å². The second-order valence-electron chi connectivity index (χ2n) is 4.54. The molecule has 21 heavy (non-hydrogen) atoms. The van der Waals surface area contributed by atoms with Gasteiger partial charge >= 0.3 is 136 Å². The number of carbonyl (C=O) groups excluding carboxylic acids is 1. The van der Waals surface area contributed by atoms with Crippen molar-refractivity contribution in [2.24, 2.45) is 0 Å². The molecule has 0 heterocycles. The summed E-state index contributed by atoms with van der Waals surface area (Å²) in [5, 5.41) is 0. The molecule has 2 aromatic rings. The first kappa shape index (κ1) is 15.6. The second-order valence-corrected chi connectivity index (χ2v) is 7.47. The van der Waals surface area contributed by atoms with E-state index in [9.17, 15) is 4.79 Å². The zero-order valence-corrected chi connectivity index (χ0v) is 14.1. The molecule has 2 nitrogen and oxygen atoms in total. The first-order valence-electron chi connectivity index (χ1n) is 6.79. The molecule has 106 valence electrons. The number of terminal acetylenes is 1. The number of hydrogen-bond donors (Lipinski definition) is 0. The topological polar surface area (TPSA) is 20.3 Å². The van der Waals surface area contributed by atoms with E-state index >= 15 is 0 Å². The summed E-state index contributed by atoms with van der Waals surface area (Å²) in [4.78, 5) is 14.2. The number of benzene rings is 2. The molecule has 2 rings (SSSR count). The molecule has 0 radical (unpaired) electrons. The van der Waals surface area contributed by atoms with Gasteiger partial charge in [0.1, 0.15) is 0 Å². The quantitative estimate of drug-likeness (QED) is 0.547. The molecule has 0 atom stereocenters. The van der Waals surface area contributed by atoms with Crippen LogP contribution in [0.2, 0.25) is 0 Å². The zero-order valence-electron chi connectivity index (χ0n) is 11.7. The van der Waals surface area contributed by atoms with Gasteiger partial charge in [-0.3, -0.25) is 0 Å². The van der Waals surface area contributed by atoms with Crippen LogP contribution in [0.25, 0.3) is 0 Å². The van der Waals surface area contributed by atoms with Crippen molar-refractivity contribution in [2.45, 2.75) is 6.42 Å². The molecule has 2 aromatic carbocycles. The first-order valence-corrected chi connectivity index (χ1v) is 9.12. The van der Waals surface area contributed by atoms with Crippen molar-refractivity contribution >= 4 is 28.5 Å². The monoisotopic (exact) mass is 393 g/mol. The first-order chi connectivity index (χ1) is 10.3. The van der Waals surface area contributed by atoms with Crippen molar-refractivity contribution in [3.8, 4) is 12.3 Å². The molecule has 0 unspecified atom stereocenters. The minimum atomic E-state index is -0.876. The van der Waals surface area contributed by atoms with Crippen molar-refractivity contribution in [3.63, 3.8) is 0 Å². The van der Waals surface area contributed by atoms with E-state index in [1.807, 2.05) is 53.4 Å². The SMILES string of the molecule is C#CCN(CCc1ccccc1)C(=O)[Te]c1ccccc1. The Labute approximate surface area is 136 Å². The van der Waals surface area contributed by atoms with Crippen molar-refractivity contribution in [2.75, 3.05) is 13.1 Å². The van der Waals surface area contributed by atoms with Crippen LogP contribution in [-0.4, -0.2) is 42.9 Å². The molecule has 0 spiro atoms. The van der Waals surface area contributed by atoms with E-state index in [2.05, 4.69) is 18.1 Å². The maximum atomic E-state index is 12.4. The predicted octanol–water partition coefficient (Wildman–Crippen LogP) is 2.31. The average molecular weight is 391 g/mol. The Kier molecular flexibility index (Phi) is 6.35. The van der Waals surface area contributed by atoms with Gasteiger partial charge in [-0.15, -0.1) is 0 Å². The Morgan fingerprint density at radius 2 is 1.67 bits per heavy atom. The summed E-state index contributed by atoms with van der Waals surface area (Å²) in [5.41, 5.74) is 1.23. The zero-order chi connectivity index (χ0) is 14.9. The van der Waals surface area contributed by atoms with Crippen LogP contribution in [0.1, 0.15) is 5.56 Å². The summed E-state index contributed by atoms with van der Waals surface area (Å²) in [7, 11) is 0. The van der Waals surface area contributed by atoms with Gasteiger partial charge in [0.25, 0.3) is 0 Å². The van der Waals surface area contributed by atoms with Gasteiger partial charge in [-0.1, -0.05) is 0 Å². The molecular weight excluding hydrogens is 374 g/mol. The molecule has 0 fully saturated rings. The van der Waals surface area contributed by atoms with Gasteiger partial charge in [0.2, 0.25) is 0 Å². The normalized spacial score (nSPS) is 9.86. The summed E-state index contributed by atoms with van der Waals surface area (Å²) in [5.74, 6) is 2.60. The van der Waals surface area contributed by atoms with E-state index in [1.165, 1.54) is 5.56 Å². The molecule has 0 saturated heterocycles. The van der Waals surface area contributed by atoms with Gasteiger partial charge in [0.15, 0.2) is 0 Å². The Morgan fingerprint density at radius 1 is 1.05 bits per heavy atom. The maximum absolute atomic E-state index is 12.4. The Balaban J connectivity index is 1.95. The van der Waals surface area contributed by atoms with Gasteiger partial charge in [-0.25, -0.2) is 0 Å². The second kappa shape index (κ2) is 8.53. The van der Waals surface area contributed by atoms with Gasteiger partial charge in [0, 0.05) is 0 Å². The van der Waals surface area contributed by atoms with Crippen molar-refractivity contribution in [1.82, 2.24) is 4.90 Å². The van der Waals surface area contributed by atoms with Crippen LogP contribution in [0.15, 0.2) is 60.7 Å². The molecule has 0 aliphatic carbocycles. The molecule has 0 bridgehead atoms. The van der Waals surface area contributed by atoms with Crippen LogP contribution in [-0.2, 0) is 6.42 Å². The van der Waals surface area contributed by atoms with Gasteiger partial charge < -0.3 is 0 Å². The Hall–Kier alpha value is -1.74. The molecule has 3 heteroatoms. The van der Waals surface area contributed by atoms with E-state index in [0.29, 0.717) is 13.1 Å².